The van der Waals surface area contributed by atoms with Gasteiger partial charge in [0, 0.05) is 0 Å². The van der Waals surface area contributed by atoms with Crippen molar-refractivity contribution in [3.63, 3.8) is 0 Å². The number of hydrogen-bond acceptors (Lipinski definition) is 0. The van der Waals surface area contributed by atoms with Gasteiger partial charge in [-0.1, -0.05) is 77.5 Å². The predicted octanol–water partition coefficient (Wildman–Crippen LogP) is 7.01. The molecule has 2 aromatic rings. The van der Waals surface area contributed by atoms with Crippen LogP contribution in [0.1, 0.15) is 91.0 Å². The maximum absolute atomic E-state index is 2.46. The molecule has 0 atom stereocenters. The Labute approximate surface area is 182 Å². The molecular weight excluding hydrogens is 360 g/mol. The standard InChI is InChI=1S/C30H36/c1-18(2)24-17-25-23-14-13-21(29(4,5)6)15-20(23)16-26(25)27(28(24)30(7,8)9)22-12-10-11-19(22)3/h10-11,13-17H,12H2,1-9H3. The summed E-state index contributed by atoms with van der Waals surface area (Å²) < 4.78 is 0. The third-order valence-corrected chi connectivity index (χ3v) is 6.63. The second-order valence-electron chi connectivity index (χ2n) is 11.3. The summed E-state index contributed by atoms with van der Waals surface area (Å²) in [6.45, 7) is 20.8. The number of rotatable bonds is 1. The van der Waals surface area contributed by atoms with Crippen molar-refractivity contribution in [3.05, 3.63) is 74.7 Å². The highest BCUT2D eigenvalue weighted by atomic mass is 14.3. The molecule has 0 aromatic heterocycles. The van der Waals surface area contributed by atoms with Gasteiger partial charge in [-0.3, -0.25) is 0 Å². The zero-order valence-corrected chi connectivity index (χ0v) is 20.2. The highest BCUT2D eigenvalue weighted by Crippen LogP contribution is 2.38. The van der Waals surface area contributed by atoms with E-state index in [9.17, 15) is 0 Å². The lowest BCUT2D eigenvalue weighted by Crippen LogP contribution is -2.31. The molecule has 156 valence electrons. The van der Waals surface area contributed by atoms with Crippen molar-refractivity contribution in [3.8, 4) is 11.1 Å². The Morgan fingerprint density at radius 1 is 0.867 bits per heavy atom. The molecule has 0 unspecified atom stereocenters. The van der Waals surface area contributed by atoms with Crippen molar-refractivity contribution in [2.24, 2.45) is 0 Å². The summed E-state index contributed by atoms with van der Waals surface area (Å²) in [7, 11) is 0. The second-order valence-corrected chi connectivity index (χ2v) is 11.3. The molecule has 2 aliphatic rings. The van der Waals surface area contributed by atoms with E-state index < -0.39 is 0 Å². The van der Waals surface area contributed by atoms with E-state index in [2.05, 4.69) is 105 Å². The van der Waals surface area contributed by atoms with Gasteiger partial charge in [0.05, 0.1) is 0 Å². The molecule has 0 aliphatic heterocycles. The monoisotopic (exact) mass is 396 g/mol. The normalized spacial score (nSPS) is 15.4. The molecule has 0 N–H and O–H groups in total. The zero-order chi connectivity index (χ0) is 22.0. The summed E-state index contributed by atoms with van der Waals surface area (Å²) in [5, 5.41) is 2.84. The maximum Gasteiger partial charge on any atom is -0.00853 e. The molecule has 2 aromatic carbocycles. The minimum atomic E-state index is 0.0754. The van der Waals surface area contributed by atoms with E-state index in [1.807, 2.05) is 0 Å². The Bertz CT molecular complexity index is 1220. The molecule has 30 heavy (non-hydrogen) atoms. The topological polar surface area (TPSA) is 0 Å². The van der Waals surface area contributed by atoms with Gasteiger partial charge in [-0.05, 0) is 105 Å². The van der Waals surface area contributed by atoms with Gasteiger partial charge in [-0.2, -0.15) is 0 Å². The summed E-state index contributed by atoms with van der Waals surface area (Å²) >= 11 is 0. The third kappa shape index (κ3) is 3.31. The van der Waals surface area contributed by atoms with Gasteiger partial charge < -0.3 is 0 Å². The quantitative estimate of drug-likeness (QED) is 0.415. The van der Waals surface area contributed by atoms with Crippen LogP contribution in [0.4, 0.5) is 0 Å². The fourth-order valence-electron chi connectivity index (χ4n) is 5.02. The SMILES string of the molecule is CC1=C(c2c(C(C)(C)C)c(=C(C)C)cc3c2=Cc2cc(C(C)(C)C)ccc2-3)CC=C1. The minimum Gasteiger partial charge on any atom is -0.0798 e. The van der Waals surface area contributed by atoms with E-state index in [-0.39, 0.29) is 10.8 Å². The third-order valence-electron chi connectivity index (χ3n) is 6.63. The van der Waals surface area contributed by atoms with Crippen LogP contribution in [0.2, 0.25) is 0 Å². The van der Waals surface area contributed by atoms with Crippen molar-refractivity contribution < 1.29 is 0 Å². The zero-order valence-electron chi connectivity index (χ0n) is 20.2. The van der Waals surface area contributed by atoms with Gasteiger partial charge in [0.25, 0.3) is 0 Å². The Kier molecular flexibility index (Phi) is 4.77. The van der Waals surface area contributed by atoms with Gasteiger partial charge in [0.2, 0.25) is 0 Å². The first kappa shape index (κ1) is 20.9. The smallest absolute Gasteiger partial charge is 0.00853 e. The Morgan fingerprint density at radius 3 is 2.10 bits per heavy atom. The first-order chi connectivity index (χ1) is 13.9. The molecule has 0 spiro atoms. The molecule has 0 amide bonds. The number of fused-ring (bicyclic) bond motifs is 3. The van der Waals surface area contributed by atoms with Crippen molar-refractivity contribution in [1.29, 1.82) is 0 Å². The molecular formula is C30H36. The highest BCUT2D eigenvalue weighted by molar-refractivity contribution is 5.90. The lowest BCUT2D eigenvalue weighted by atomic mass is 9.77. The van der Waals surface area contributed by atoms with Crippen LogP contribution in [0, 0.1) is 0 Å². The average Bonchev–Trinajstić information content (AvgIpc) is 3.21. The molecule has 0 radical (unpaired) electrons. The predicted molar refractivity (Wildman–Crippen MR) is 133 cm³/mol. The van der Waals surface area contributed by atoms with Gasteiger partial charge in [-0.25, -0.2) is 0 Å². The fraction of sp³-hybridized carbons (Fsp3) is 0.400. The van der Waals surface area contributed by atoms with Gasteiger partial charge in [0.1, 0.15) is 0 Å². The van der Waals surface area contributed by atoms with Gasteiger partial charge >= 0.3 is 0 Å². The molecule has 0 saturated carbocycles. The summed E-state index contributed by atoms with van der Waals surface area (Å²) in [4.78, 5) is 0. The maximum atomic E-state index is 2.46. The lowest BCUT2D eigenvalue weighted by molar-refractivity contribution is 0.583. The van der Waals surface area contributed by atoms with E-state index in [4.69, 9.17) is 0 Å². The van der Waals surface area contributed by atoms with Crippen LogP contribution in [0.25, 0.3) is 28.3 Å². The minimum absolute atomic E-state index is 0.0754. The first-order valence-corrected chi connectivity index (χ1v) is 11.3. The molecule has 4 rings (SSSR count). The lowest BCUT2D eigenvalue weighted by Gasteiger charge is -2.27. The Hall–Kier alpha value is -2.34. The van der Waals surface area contributed by atoms with E-state index in [1.165, 1.54) is 60.5 Å². The fourth-order valence-corrected chi connectivity index (χ4v) is 5.02. The number of hydrogen-bond donors (Lipinski definition) is 0. The summed E-state index contributed by atoms with van der Waals surface area (Å²) in [5.74, 6) is 0. The first-order valence-electron chi connectivity index (χ1n) is 11.3. The van der Waals surface area contributed by atoms with Crippen LogP contribution in [0.5, 0.6) is 0 Å². The van der Waals surface area contributed by atoms with E-state index in [0.717, 1.165) is 6.42 Å². The number of allylic oxidation sites excluding steroid dienone is 4. The highest BCUT2D eigenvalue weighted by Gasteiger charge is 2.28. The molecule has 0 nitrogen and oxygen atoms in total. The van der Waals surface area contributed by atoms with E-state index >= 15 is 0 Å². The van der Waals surface area contributed by atoms with E-state index in [0.29, 0.717) is 0 Å². The molecule has 0 saturated heterocycles. The molecule has 0 bridgehead atoms. The van der Waals surface area contributed by atoms with Crippen LogP contribution in [0.3, 0.4) is 0 Å². The Balaban J connectivity index is 2.16. The molecule has 2 aliphatic carbocycles. The van der Waals surface area contributed by atoms with Gasteiger partial charge in [-0.15, -0.1) is 0 Å². The molecule has 0 heterocycles. The summed E-state index contributed by atoms with van der Waals surface area (Å²) in [5.41, 5.74) is 13.1. The van der Waals surface area contributed by atoms with Crippen molar-refractivity contribution in [2.75, 3.05) is 0 Å². The largest absolute Gasteiger partial charge is 0.0798 e. The number of benzene rings is 2. The van der Waals surface area contributed by atoms with Crippen molar-refractivity contribution in [2.45, 2.75) is 79.6 Å². The van der Waals surface area contributed by atoms with Gasteiger partial charge in [0.15, 0.2) is 0 Å². The van der Waals surface area contributed by atoms with Crippen LogP contribution < -0.4 is 10.4 Å². The van der Waals surface area contributed by atoms with Crippen LogP contribution >= 0.6 is 0 Å². The average molecular weight is 397 g/mol. The summed E-state index contributed by atoms with van der Waals surface area (Å²) in [6.07, 6.45) is 8.10. The van der Waals surface area contributed by atoms with Crippen molar-refractivity contribution >= 4 is 17.2 Å². The second kappa shape index (κ2) is 6.84. The van der Waals surface area contributed by atoms with Crippen molar-refractivity contribution in [1.82, 2.24) is 0 Å². The van der Waals surface area contributed by atoms with Crippen LogP contribution in [0.15, 0.2) is 42.0 Å². The van der Waals surface area contributed by atoms with Crippen LogP contribution in [-0.2, 0) is 10.8 Å². The van der Waals surface area contributed by atoms with Crippen LogP contribution in [-0.4, -0.2) is 0 Å². The van der Waals surface area contributed by atoms with E-state index in [1.54, 1.807) is 0 Å². The Morgan fingerprint density at radius 2 is 1.57 bits per heavy atom. The summed E-state index contributed by atoms with van der Waals surface area (Å²) in [6, 6.07) is 9.54. The molecule has 0 heteroatoms. The molecule has 0 fully saturated rings.